The van der Waals surface area contributed by atoms with E-state index in [9.17, 15) is 0 Å². The maximum absolute atomic E-state index is 2.50. The summed E-state index contributed by atoms with van der Waals surface area (Å²) in [5.41, 5.74) is 20.4. The molecule has 21 rings (SSSR count). The molecule has 0 saturated heterocycles. The van der Waals surface area contributed by atoms with Gasteiger partial charge in [-0.3, -0.25) is 0 Å². The summed E-state index contributed by atoms with van der Waals surface area (Å²) < 4.78 is 14.8. The van der Waals surface area contributed by atoms with Crippen molar-refractivity contribution in [2.75, 3.05) is 0 Å². The van der Waals surface area contributed by atoms with Gasteiger partial charge in [0.05, 0.1) is 66.2 Å². The first kappa shape index (κ1) is 52.7. The van der Waals surface area contributed by atoms with Crippen LogP contribution < -0.4 is 0 Å². The highest BCUT2D eigenvalue weighted by atomic mass is 15.1. The van der Waals surface area contributed by atoms with E-state index in [-0.39, 0.29) is 0 Å². The van der Waals surface area contributed by atoms with E-state index >= 15 is 0 Å². The summed E-state index contributed by atoms with van der Waals surface area (Å²) in [4.78, 5) is 0. The molecule has 0 unspecified atom stereocenters. The Morgan fingerprint density at radius 2 is 0.312 bits per heavy atom. The Morgan fingerprint density at radius 3 is 0.656 bits per heavy atom. The molecule has 6 heteroatoms. The van der Waals surface area contributed by atoms with Crippen LogP contribution in [-0.4, -0.2) is 27.4 Å². The predicted octanol–water partition coefficient (Wildman–Crippen LogP) is 23.7. The lowest BCUT2D eigenvalue weighted by molar-refractivity contribution is 1.09. The van der Waals surface area contributed by atoms with Crippen molar-refractivity contribution in [1.82, 2.24) is 27.4 Å². The quantitative estimate of drug-likeness (QED) is 0.149. The van der Waals surface area contributed by atoms with Crippen molar-refractivity contribution in [2.24, 2.45) is 0 Å². The third-order valence-electron chi connectivity index (χ3n) is 20.6. The summed E-state index contributed by atoms with van der Waals surface area (Å²) in [5, 5.41) is 19.1. The molecule has 0 N–H and O–H groups in total. The van der Waals surface area contributed by atoms with Crippen LogP contribution in [0.1, 0.15) is 0 Å². The fourth-order valence-electron chi connectivity index (χ4n) is 16.6. The highest BCUT2D eigenvalue weighted by Crippen LogP contribution is 2.45. The molecule has 446 valence electrons. The van der Waals surface area contributed by atoms with Gasteiger partial charge in [-0.2, -0.15) is 0 Å². The van der Waals surface area contributed by atoms with E-state index in [1.807, 2.05) is 0 Å². The monoisotopic (exact) mass is 1220 g/mol. The second-order valence-corrected chi connectivity index (χ2v) is 25.6. The van der Waals surface area contributed by atoms with Crippen LogP contribution in [0.25, 0.3) is 187 Å². The molecular weight excluding hydrogens is 1170 g/mol. The van der Waals surface area contributed by atoms with Crippen molar-refractivity contribution in [1.29, 1.82) is 0 Å². The van der Waals surface area contributed by atoms with Gasteiger partial charge in [0.25, 0.3) is 0 Å². The summed E-state index contributed by atoms with van der Waals surface area (Å²) in [5.74, 6) is 0. The lowest BCUT2D eigenvalue weighted by Gasteiger charge is -2.23. The van der Waals surface area contributed by atoms with Gasteiger partial charge in [0.15, 0.2) is 0 Å². The molecule has 0 radical (unpaired) electrons. The third kappa shape index (κ3) is 7.52. The number of rotatable bonds is 6. The van der Waals surface area contributed by atoms with E-state index in [0.717, 1.165) is 105 Å². The minimum absolute atomic E-state index is 1.08. The Bertz CT molecular complexity index is 6840. The van der Waals surface area contributed by atoms with Gasteiger partial charge in [-0.1, -0.05) is 194 Å². The fraction of sp³-hybridized carbons (Fsp3) is 0. The van der Waals surface area contributed by atoms with Crippen molar-refractivity contribution >= 4 is 152 Å². The van der Waals surface area contributed by atoms with E-state index in [4.69, 9.17) is 0 Å². The molecule has 21 aromatic rings. The highest BCUT2D eigenvalue weighted by molar-refractivity contribution is 6.28. The first-order valence-electron chi connectivity index (χ1n) is 33.1. The van der Waals surface area contributed by atoms with E-state index in [0.29, 0.717) is 0 Å². The van der Waals surface area contributed by atoms with Crippen LogP contribution in [0.4, 0.5) is 0 Å². The average molecular weight is 1220 g/mol. The largest absolute Gasteiger partial charge is 0.309 e. The van der Waals surface area contributed by atoms with Gasteiger partial charge < -0.3 is 27.4 Å². The molecule has 0 saturated carbocycles. The van der Waals surface area contributed by atoms with Crippen LogP contribution in [0.15, 0.2) is 340 Å². The smallest absolute Gasteiger partial charge is 0.0709 e. The molecule has 0 atom stereocenters. The minimum atomic E-state index is 1.08. The van der Waals surface area contributed by atoms with Crippen LogP contribution in [-0.2, 0) is 0 Å². The zero-order valence-electron chi connectivity index (χ0n) is 52.0. The molecule has 0 aliphatic heterocycles. The number of nitrogens with zero attached hydrogens (tertiary/aromatic N) is 6. The molecule has 5 aromatic heterocycles. The molecule has 0 bridgehead atoms. The zero-order valence-corrected chi connectivity index (χ0v) is 52.0. The molecule has 16 aromatic carbocycles. The van der Waals surface area contributed by atoms with Gasteiger partial charge in [0, 0.05) is 77.2 Å². The van der Waals surface area contributed by atoms with Gasteiger partial charge in [-0.05, 0) is 189 Å². The first-order chi connectivity index (χ1) is 47.7. The van der Waals surface area contributed by atoms with E-state index < -0.39 is 0 Å². The molecule has 0 fully saturated rings. The van der Waals surface area contributed by atoms with Crippen LogP contribution in [0.3, 0.4) is 0 Å². The fourth-order valence-corrected chi connectivity index (χ4v) is 16.6. The molecular formula is C90H56N6. The summed E-state index contributed by atoms with van der Waals surface area (Å²) >= 11 is 0. The van der Waals surface area contributed by atoms with Crippen molar-refractivity contribution in [2.45, 2.75) is 0 Å². The van der Waals surface area contributed by atoms with Gasteiger partial charge in [0.1, 0.15) is 0 Å². The first-order valence-corrected chi connectivity index (χ1v) is 33.1. The number of fused-ring (bicyclic) bond motifs is 22. The van der Waals surface area contributed by atoms with E-state index in [1.165, 1.54) is 81.3 Å². The van der Waals surface area contributed by atoms with Gasteiger partial charge >= 0.3 is 0 Å². The normalized spacial score (nSPS) is 12.2. The predicted molar refractivity (Wildman–Crippen MR) is 405 cm³/mol. The number of benzene rings is 15. The maximum atomic E-state index is 2.50. The molecule has 96 heavy (non-hydrogen) atoms. The number of para-hydroxylation sites is 10. The SMILES string of the molecule is c1ccc(-n2c3ccccc3n(-c3ccccc3)c3cc4c5ccc(-n6c7ccccc7c7cc(-n8c9ccccc9c9ccccc98)ccc76)cc5c5cc(-n6c7ccccc7c7cc(-n8c9ccccc9c9ccccc98)ccc76)ccc5c5ccccc5c4cc32)cc1. The third-order valence-corrected chi connectivity index (χ3v) is 20.6. The van der Waals surface area contributed by atoms with Crippen molar-refractivity contribution < 1.29 is 0 Å². The molecule has 0 aliphatic carbocycles. The summed E-state index contributed by atoms with van der Waals surface area (Å²) in [6.45, 7) is 0. The van der Waals surface area contributed by atoms with Crippen LogP contribution >= 0.6 is 0 Å². The minimum Gasteiger partial charge on any atom is -0.309 e. The second kappa shape index (κ2) is 20.3. The Kier molecular flexibility index (Phi) is 11.1. The zero-order chi connectivity index (χ0) is 62.7. The number of aromatic nitrogens is 6. The Labute approximate surface area is 550 Å². The summed E-state index contributed by atoms with van der Waals surface area (Å²) in [7, 11) is 0. The van der Waals surface area contributed by atoms with Crippen LogP contribution in [0.2, 0.25) is 0 Å². The number of hydrogen-bond acceptors (Lipinski definition) is 0. The summed E-state index contributed by atoms with van der Waals surface area (Å²) in [6, 6.07) is 126. The Hall–Kier alpha value is -12.9. The Morgan fingerprint density at radius 1 is 0.104 bits per heavy atom. The summed E-state index contributed by atoms with van der Waals surface area (Å²) in [6.07, 6.45) is 0. The lowest BCUT2D eigenvalue weighted by Crippen LogP contribution is -2.08. The lowest BCUT2D eigenvalue weighted by atomic mass is 9.93. The number of hydrogen-bond donors (Lipinski definition) is 0. The van der Waals surface area contributed by atoms with Gasteiger partial charge in [0.2, 0.25) is 0 Å². The van der Waals surface area contributed by atoms with Crippen LogP contribution in [0.5, 0.6) is 0 Å². The van der Waals surface area contributed by atoms with Gasteiger partial charge in [-0.15, -0.1) is 0 Å². The maximum Gasteiger partial charge on any atom is 0.0709 e. The molecule has 5 heterocycles. The van der Waals surface area contributed by atoms with Crippen molar-refractivity contribution in [3.63, 3.8) is 0 Å². The van der Waals surface area contributed by atoms with E-state index in [1.54, 1.807) is 0 Å². The molecule has 0 spiro atoms. The van der Waals surface area contributed by atoms with E-state index in [2.05, 4.69) is 367 Å². The van der Waals surface area contributed by atoms with Crippen molar-refractivity contribution in [3.8, 4) is 34.1 Å². The molecule has 6 nitrogen and oxygen atoms in total. The van der Waals surface area contributed by atoms with Crippen LogP contribution in [0, 0.1) is 0 Å². The average Bonchev–Trinajstić information content (AvgIpc) is 1.24. The topological polar surface area (TPSA) is 29.6 Å². The highest BCUT2D eigenvalue weighted by Gasteiger charge is 2.23. The van der Waals surface area contributed by atoms with Gasteiger partial charge in [-0.25, -0.2) is 0 Å². The Balaban J connectivity index is 0.888. The molecule has 0 amide bonds. The standard InChI is InChI=1S/C90H56N6/c1-3-23-57(24-4-1)91-87-41-21-22-42-88(87)92(58-25-5-2-6-26-58)90-56-76-66-48-44-60(96-84-40-20-14-34-72(84)78-54-62(46-50-86(78)96)94-81-37-17-11-31-69(81)70-32-12-18-38-82(70)94)52-74(66)73-51-59(43-47-65(73)63-27-7-8-28-64(63)75(76)55-89(90)91)95-83-39-19-13-33-71(83)77-53-61(45-49-85(77)95)93-79-35-15-9-29-67(79)68-30-10-16-36-80(68)93/h1-56H. The van der Waals surface area contributed by atoms with Crippen molar-refractivity contribution in [3.05, 3.63) is 340 Å². The molecule has 0 aliphatic rings. The second-order valence-electron chi connectivity index (χ2n) is 25.6.